The van der Waals surface area contributed by atoms with Crippen LogP contribution in [-0.4, -0.2) is 7.11 Å². The summed E-state index contributed by atoms with van der Waals surface area (Å²) in [6, 6.07) is 10.9. The number of halogens is 4. The van der Waals surface area contributed by atoms with E-state index in [9.17, 15) is 0 Å². The summed E-state index contributed by atoms with van der Waals surface area (Å²) in [5.41, 5.74) is 1.82. The van der Waals surface area contributed by atoms with Crippen LogP contribution >= 0.6 is 50.7 Å². The highest BCUT2D eigenvalue weighted by atomic mass is 79.9. The Balaban J connectivity index is 2.49. The van der Waals surface area contributed by atoms with Gasteiger partial charge in [-0.3, -0.25) is 0 Å². The molecule has 100 valence electrons. The van der Waals surface area contributed by atoms with E-state index in [2.05, 4.69) is 15.9 Å². The first-order chi connectivity index (χ1) is 9.02. The van der Waals surface area contributed by atoms with Crippen molar-refractivity contribution in [1.29, 1.82) is 0 Å². The number of alkyl halides is 1. The molecule has 0 saturated heterocycles. The van der Waals surface area contributed by atoms with Gasteiger partial charge in [0.05, 0.1) is 11.9 Å². The van der Waals surface area contributed by atoms with Crippen molar-refractivity contribution in [2.75, 3.05) is 7.11 Å². The van der Waals surface area contributed by atoms with Gasteiger partial charge in [-0.25, -0.2) is 0 Å². The minimum atomic E-state index is -0.120. The van der Waals surface area contributed by atoms with E-state index < -0.39 is 0 Å². The van der Waals surface area contributed by atoms with Gasteiger partial charge in [0, 0.05) is 20.6 Å². The molecule has 1 nitrogen and oxygen atoms in total. The molecule has 0 aromatic heterocycles. The Labute approximate surface area is 135 Å². The van der Waals surface area contributed by atoms with Crippen LogP contribution in [0.3, 0.4) is 0 Å². The molecule has 0 saturated carbocycles. The quantitative estimate of drug-likeness (QED) is 0.581. The highest BCUT2D eigenvalue weighted by Crippen LogP contribution is 2.41. The number of benzene rings is 2. The third-order valence-corrected chi connectivity index (χ3v) is 4.48. The first-order valence-electron chi connectivity index (χ1n) is 5.45. The van der Waals surface area contributed by atoms with Gasteiger partial charge in [-0.15, -0.1) is 0 Å². The van der Waals surface area contributed by atoms with E-state index in [1.54, 1.807) is 25.3 Å². The molecule has 0 fully saturated rings. The Morgan fingerprint density at radius 2 is 1.58 bits per heavy atom. The number of ether oxygens (including phenoxy) is 1. The molecule has 2 aromatic carbocycles. The lowest BCUT2D eigenvalue weighted by molar-refractivity contribution is 0.410. The first-order valence-corrected chi connectivity index (χ1v) is 7.50. The number of rotatable bonds is 3. The molecule has 0 aliphatic carbocycles. The van der Waals surface area contributed by atoms with Crippen LogP contribution in [0.25, 0.3) is 0 Å². The molecule has 1 atom stereocenters. The Kier molecular flexibility index (Phi) is 5.02. The topological polar surface area (TPSA) is 9.23 Å². The van der Waals surface area contributed by atoms with Crippen LogP contribution in [-0.2, 0) is 0 Å². The van der Waals surface area contributed by atoms with Crippen LogP contribution in [0.5, 0.6) is 5.75 Å². The maximum Gasteiger partial charge on any atom is 0.123 e. The Bertz CT molecular complexity index is 601. The second kappa shape index (κ2) is 6.36. The highest BCUT2D eigenvalue weighted by Gasteiger charge is 2.18. The fourth-order valence-electron chi connectivity index (χ4n) is 1.78. The molecule has 19 heavy (non-hydrogen) atoms. The van der Waals surface area contributed by atoms with E-state index in [-0.39, 0.29) is 4.83 Å². The summed E-state index contributed by atoms with van der Waals surface area (Å²) >= 11 is 21.8. The van der Waals surface area contributed by atoms with Crippen molar-refractivity contribution in [2.24, 2.45) is 0 Å². The van der Waals surface area contributed by atoms with E-state index >= 15 is 0 Å². The zero-order valence-corrected chi connectivity index (χ0v) is 13.8. The summed E-state index contributed by atoms with van der Waals surface area (Å²) in [6.07, 6.45) is 0. The first kappa shape index (κ1) is 15.0. The van der Waals surface area contributed by atoms with Gasteiger partial charge < -0.3 is 4.74 Å². The normalized spacial score (nSPS) is 12.3. The maximum absolute atomic E-state index is 6.22. The molecular weight excluding hydrogens is 370 g/mol. The molecule has 5 heteroatoms. The van der Waals surface area contributed by atoms with Crippen LogP contribution < -0.4 is 4.74 Å². The predicted octanol–water partition coefficient (Wildman–Crippen LogP) is 6.14. The molecule has 0 bridgehead atoms. The highest BCUT2D eigenvalue weighted by molar-refractivity contribution is 9.09. The molecule has 2 rings (SSSR count). The Hall–Kier alpha value is -0.410. The standard InChI is InChI=1S/C14H10BrCl3O/c1-19-13-5-3-8(16)6-11(13)14(15)10-4-2-9(17)7-12(10)18/h2-7,14H,1H3. The Morgan fingerprint density at radius 1 is 0.947 bits per heavy atom. The zero-order chi connectivity index (χ0) is 14.0. The van der Waals surface area contributed by atoms with Crippen molar-refractivity contribution in [3.8, 4) is 5.75 Å². The summed E-state index contributed by atoms with van der Waals surface area (Å²) in [7, 11) is 1.62. The minimum absolute atomic E-state index is 0.120. The summed E-state index contributed by atoms with van der Waals surface area (Å²) in [6.45, 7) is 0. The molecule has 0 spiro atoms. The van der Waals surface area contributed by atoms with Crippen LogP contribution in [0, 0.1) is 0 Å². The molecule has 2 aromatic rings. The number of hydrogen-bond donors (Lipinski definition) is 0. The van der Waals surface area contributed by atoms with Gasteiger partial charge in [-0.2, -0.15) is 0 Å². The Morgan fingerprint density at radius 3 is 2.21 bits per heavy atom. The third-order valence-electron chi connectivity index (χ3n) is 2.70. The molecule has 0 N–H and O–H groups in total. The molecule has 0 aliphatic heterocycles. The van der Waals surface area contributed by atoms with Gasteiger partial charge in [0.1, 0.15) is 5.75 Å². The maximum atomic E-state index is 6.22. The van der Waals surface area contributed by atoms with Crippen LogP contribution in [0.4, 0.5) is 0 Å². The largest absolute Gasteiger partial charge is 0.496 e. The predicted molar refractivity (Wildman–Crippen MR) is 85.2 cm³/mol. The van der Waals surface area contributed by atoms with Crippen molar-refractivity contribution < 1.29 is 4.74 Å². The molecule has 0 heterocycles. The van der Waals surface area contributed by atoms with E-state index in [4.69, 9.17) is 39.5 Å². The van der Waals surface area contributed by atoms with E-state index in [0.29, 0.717) is 15.1 Å². The summed E-state index contributed by atoms with van der Waals surface area (Å²) < 4.78 is 5.35. The van der Waals surface area contributed by atoms with Crippen molar-refractivity contribution >= 4 is 50.7 Å². The van der Waals surface area contributed by atoms with Gasteiger partial charge in [0.25, 0.3) is 0 Å². The van der Waals surface area contributed by atoms with Gasteiger partial charge >= 0.3 is 0 Å². The zero-order valence-electron chi connectivity index (χ0n) is 9.96. The van der Waals surface area contributed by atoms with Crippen molar-refractivity contribution in [3.05, 3.63) is 62.6 Å². The van der Waals surface area contributed by atoms with Crippen molar-refractivity contribution in [2.45, 2.75) is 4.83 Å². The third kappa shape index (κ3) is 3.38. The lowest BCUT2D eigenvalue weighted by Crippen LogP contribution is -1.98. The molecule has 0 radical (unpaired) electrons. The van der Waals surface area contributed by atoms with Crippen molar-refractivity contribution in [1.82, 2.24) is 0 Å². The fraction of sp³-hybridized carbons (Fsp3) is 0.143. The van der Waals surface area contributed by atoms with Gasteiger partial charge in [0.2, 0.25) is 0 Å². The van der Waals surface area contributed by atoms with Crippen LogP contribution in [0.1, 0.15) is 16.0 Å². The lowest BCUT2D eigenvalue weighted by atomic mass is 10.0. The number of hydrogen-bond acceptors (Lipinski definition) is 1. The van der Waals surface area contributed by atoms with Crippen LogP contribution in [0.2, 0.25) is 15.1 Å². The van der Waals surface area contributed by atoms with Gasteiger partial charge in [0.15, 0.2) is 0 Å². The summed E-state index contributed by atoms with van der Waals surface area (Å²) in [5, 5.41) is 1.84. The van der Waals surface area contributed by atoms with Crippen LogP contribution in [0.15, 0.2) is 36.4 Å². The average Bonchev–Trinajstić information content (AvgIpc) is 2.38. The SMILES string of the molecule is COc1ccc(Cl)cc1C(Br)c1ccc(Cl)cc1Cl. The monoisotopic (exact) mass is 378 g/mol. The average molecular weight is 380 g/mol. The molecule has 0 aliphatic rings. The summed E-state index contributed by atoms with van der Waals surface area (Å²) in [4.78, 5) is -0.120. The van der Waals surface area contributed by atoms with Gasteiger partial charge in [-0.1, -0.05) is 56.8 Å². The smallest absolute Gasteiger partial charge is 0.123 e. The fourth-order valence-corrected chi connectivity index (χ4v) is 3.36. The second-order valence-electron chi connectivity index (χ2n) is 3.91. The molecular formula is C14H10BrCl3O. The molecule has 0 amide bonds. The summed E-state index contributed by atoms with van der Waals surface area (Å²) in [5.74, 6) is 0.747. The van der Waals surface area contributed by atoms with E-state index in [1.165, 1.54) is 0 Å². The van der Waals surface area contributed by atoms with E-state index in [0.717, 1.165) is 16.9 Å². The van der Waals surface area contributed by atoms with Crippen molar-refractivity contribution in [3.63, 3.8) is 0 Å². The second-order valence-corrected chi connectivity index (χ2v) is 6.11. The lowest BCUT2D eigenvalue weighted by Gasteiger charge is -2.16. The van der Waals surface area contributed by atoms with Gasteiger partial charge in [-0.05, 0) is 35.9 Å². The van der Waals surface area contributed by atoms with E-state index in [1.807, 2.05) is 18.2 Å². The number of methoxy groups -OCH3 is 1. The minimum Gasteiger partial charge on any atom is -0.496 e. The molecule has 1 unspecified atom stereocenters.